The highest BCUT2D eigenvalue weighted by molar-refractivity contribution is 5.87. The minimum absolute atomic E-state index is 0.0665. The number of rotatable bonds is 13. The fraction of sp³-hybridized carbons (Fsp3) is 0.429. The lowest BCUT2D eigenvalue weighted by atomic mass is 10.1. The lowest BCUT2D eigenvalue weighted by Gasteiger charge is -2.20. The molecule has 0 aliphatic rings. The van der Waals surface area contributed by atoms with Crippen molar-refractivity contribution in [1.82, 2.24) is 16.0 Å². The third kappa shape index (κ3) is 13.3. The summed E-state index contributed by atoms with van der Waals surface area (Å²) >= 11 is 0. The van der Waals surface area contributed by atoms with E-state index in [4.69, 9.17) is 14.2 Å². The number of hydrogen-bond donors (Lipinski definition) is 3. The molecule has 10 nitrogen and oxygen atoms in total. The molecule has 0 saturated heterocycles. The third-order valence-electron chi connectivity index (χ3n) is 5.04. The summed E-state index contributed by atoms with van der Waals surface area (Å²) in [5, 5.41) is 7.65. The van der Waals surface area contributed by atoms with E-state index in [1.54, 1.807) is 20.8 Å². The molecule has 0 radical (unpaired) electrons. The molecule has 0 aliphatic carbocycles. The third-order valence-corrected chi connectivity index (χ3v) is 5.04. The van der Waals surface area contributed by atoms with Crippen LogP contribution in [0.4, 0.5) is 9.59 Å². The quantitative estimate of drug-likeness (QED) is 0.205. The van der Waals surface area contributed by atoms with Crippen LogP contribution in [0.15, 0.2) is 60.7 Å². The molecule has 0 heterocycles. The number of benzene rings is 2. The molecule has 0 unspecified atom stereocenters. The monoisotopic (exact) mass is 527 g/mol. The first-order chi connectivity index (χ1) is 18.1. The number of unbranched alkanes of at least 4 members (excludes halogenated alkanes) is 1. The molecule has 206 valence electrons. The fourth-order valence-electron chi connectivity index (χ4n) is 3.23. The van der Waals surface area contributed by atoms with Gasteiger partial charge >= 0.3 is 18.2 Å². The van der Waals surface area contributed by atoms with Crippen LogP contribution in [0.2, 0.25) is 0 Å². The second-order valence-electron chi connectivity index (χ2n) is 9.55. The predicted molar refractivity (Wildman–Crippen MR) is 141 cm³/mol. The Kier molecular flexibility index (Phi) is 12.6. The Morgan fingerprint density at radius 1 is 0.763 bits per heavy atom. The maximum Gasteiger partial charge on any atom is 0.408 e. The highest BCUT2D eigenvalue weighted by Crippen LogP contribution is 2.08. The minimum Gasteiger partial charge on any atom is -0.459 e. The van der Waals surface area contributed by atoms with E-state index < -0.39 is 35.7 Å². The first-order valence-electron chi connectivity index (χ1n) is 12.5. The van der Waals surface area contributed by atoms with Crippen LogP contribution < -0.4 is 16.0 Å². The average Bonchev–Trinajstić information content (AvgIpc) is 2.88. The van der Waals surface area contributed by atoms with Gasteiger partial charge in [-0.05, 0) is 51.2 Å². The fourth-order valence-corrected chi connectivity index (χ4v) is 3.23. The topological polar surface area (TPSA) is 132 Å². The van der Waals surface area contributed by atoms with Crippen LogP contribution in [-0.4, -0.2) is 48.8 Å². The van der Waals surface area contributed by atoms with Crippen molar-refractivity contribution in [1.29, 1.82) is 0 Å². The number of hydrogen-bond acceptors (Lipinski definition) is 7. The Bertz CT molecular complexity index is 1020. The van der Waals surface area contributed by atoms with Crippen molar-refractivity contribution in [3.8, 4) is 0 Å². The molecule has 38 heavy (non-hydrogen) atoms. The van der Waals surface area contributed by atoms with Gasteiger partial charge in [-0.1, -0.05) is 60.7 Å². The Balaban J connectivity index is 1.78. The molecule has 0 aliphatic heterocycles. The summed E-state index contributed by atoms with van der Waals surface area (Å²) in [5.74, 6) is -1.14. The van der Waals surface area contributed by atoms with Gasteiger partial charge in [-0.3, -0.25) is 4.79 Å². The molecule has 0 fully saturated rings. The summed E-state index contributed by atoms with van der Waals surface area (Å²) in [5.41, 5.74) is 0.999. The summed E-state index contributed by atoms with van der Waals surface area (Å²) < 4.78 is 15.7. The van der Waals surface area contributed by atoms with Crippen molar-refractivity contribution in [3.63, 3.8) is 0 Å². The summed E-state index contributed by atoms with van der Waals surface area (Å²) in [6, 6.07) is 17.6. The van der Waals surface area contributed by atoms with Gasteiger partial charge in [0.1, 0.15) is 31.4 Å². The van der Waals surface area contributed by atoms with Crippen molar-refractivity contribution < 1.29 is 33.4 Å². The number of alkyl carbamates (subject to hydrolysis) is 2. The molecule has 1 atom stereocenters. The first-order valence-corrected chi connectivity index (χ1v) is 12.5. The van der Waals surface area contributed by atoms with E-state index in [0.717, 1.165) is 11.1 Å². The second kappa shape index (κ2) is 15.9. The zero-order valence-corrected chi connectivity index (χ0v) is 22.2. The molecule has 0 aromatic heterocycles. The molecule has 0 saturated carbocycles. The standard InChI is InChI=1S/C28H37N3O7/c1-28(2,3)38-27(35)30-18-24(32)31-23(25(33)36-19-21-12-6-4-7-13-21)16-10-11-17-29-26(34)37-20-22-14-8-5-9-15-22/h4-9,12-15,23H,10-11,16-20H2,1-3H3,(H,29,34)(H,30,35)(H,31,32)/t23-/m0/s1. The highest BCUT2D eigenvalue weighted by atomic mass is 16.6. The van der Waals surface area contributed by atoms with Gasteiger partial charge in [-0.2, -0.15) is 0 Å². The van der Waals surface area contributed by atoms with Crippen LogP contribution in [0.5, 0.6) is 0 Å². The molecule has 2 rings (SSSR count). The molecule has 2 aromatic rings. The lowest BCUT2D eigenvalue weighted by molar-refractivity contribution is -0.149. The minimum atomic E-state index is -0.920. The zero-order chi connectivity index (χ0) is 27.8. The number of ether oxygens (including phenoxy) is 3. The van der Waals surface area contributed by atoms with E-state index in [2.05, 4.69) is 16.0 Å². The smallest absolute Gasteiger partial charge is 0.408 e. The lowest BCUT2D eigenvalue weighted by Crippen LogP contribution is -2.46. The summed E-state index contributed by atoms with van der Waals surface area (Å²) in [7, 11) is 0. The number of carbonyl (C=O) groups excluding carboxylic acids is 4. The number of amides is 3. The van der Waals surface area contributed by atoms with E-state index in [1.165, 1.54) is 0 Å². The molecule has 0 bridgehead atoms. The Hall–Kier alpha value is -4.08. The maximum atomic E-state index is 12.7. The van der Waals surface area contributed by atoms with E-state index in [1.807, 2.05) is 60.7 Å². The van der Waals surface area contributed by atoms with Crippen molar-refractivity contribution in [2.45, 2.75) is 64.9 Å². The SMILES string of the molecule is CC(C)(C)OC(=O)NCC(=O)N[C@@H](CCCCNC(=O)OCc1ccccc1)C(=O)OCc1ccccc1. The molecule has 10 heteroatoms. The zero-order valence-electron chi connectivity index (χ0n) is 22.2. The molecular weight excluding hydrogens is 490 g/mol. The number of esters is 1. The second-order valence-corrected chi connectivity index (χ2v) is 9.55. The number of carbonyl (C=O) groups is 4. The van der Waals surface area contributed by atoms with Gasteiger partial charge in [0.15, 0.2) is 0 Å². The van der Waals surface area contributed by atoms with Crippen molar-refractivity contribution in [2.75, 3.05) is 13.1 Å². The normalized spacial score (nSPS) is 11.6. The van der Waals surface area contributed by atoms with Crippen molar-refractivity contribution >= 4 is 24.1 Å². The largest absolute Gasteiger partial charge is 0.459 e. The van der Waals surface area contributed by atoms with Crippen LogP contribution in [0, 0.1) is 0 Å². The Labute approximate surface area is 223 Å². The molecular formula is C28H37N3O7. The molecule has 3 N–H and O–H groups in total. The Morgan fingerprint density at radius 3 is 1.92 bits per heavy atom. The van der Waals surface area contributed by atoms with Gasteiger partial charge < -0.3 is 30.2 Å². The number of nitrogens with one attached hydrogen (secondary N) is 3. The van der Waals surface area contributed by atoms with Crippen LogP contribution in [0.25, 0.3) is 0 Å². The molecule has 2 aromatic carbocycles. The summed E-state index contributed by atoms with van der Waals surface area (Å²) in [4.78, 5) is 48.8. The van der Waals surface area contributed by atoms with Crippen LogP contribution in [0.3, 0.4) is 0 Å². The molecule has 0 spiro atoms. The molecule has 3 amide bonds. The van der Waals surface area contributed by atoms with Crippen molar-refractivity contribution in [3.05, 3.63) is 71.8 Å². The average molecular weight is 528 g/mol. The first kappa shape index (κ1) is 30.1. The summed E-state index contributed by atoms with van der Waals surface area (Å²) in [6.45, 7) is 5.36. The van der Waals surface area contributed by atoms with Gasteiger partial charge in [0.2, 0.25) is 5.91 Å². The van der Waals surface area contributed by atoms with Crippen LogP contribution in [-0.2, 0) is 37.0 Å². The van der Waals surface area contributed by atoms with E-state index in [-0.39, 0.29) is 26.2 Å². The van der Waals surface area contributed by atoms with E-state index in [0.29, 0.717) is 19.4 Å². The van der Waals surface area contributed by atoms with E-state index in [9.17, 15) is 19.2 Å². The van der Waals surface area contributed by atoms with Gasteiger partial charge in [0, 0.05) is 6.54 Å². The highest BCUT2D eigenvalue weighted by Gasteiger charge is 2.23. The maximum absolute atomic E-state index is 12.7. The van der Waals surface area contributed by atoms with Crippen LogP contribution >= 0.6 is 0 Å². The van der Waals surface area contributed by atoms with Gasteiger partial charge in [0.25, 0.3) is 0 Å². The Morgan fingerprint density at radius 2 is 1.34 bits per heavy atom. The van der Waals surface area contributed by atoms with Crippen LogP contribution in [0.1, 0.15) is 51.2 Å². The van der Waals surface area contributed by atoms with Gasteiger partial charge in [0.05, 0.1) is 0 Å². The van der Waals surface area contributed by atoms with E-state index >= 15 is 0 Å². The van der Waals surface area contributed by atoms with Gasteiger partial charge in [-0.15, -0.1) is 0 Å². The summed E-state index contributed by atoms with van der Waals surface area (Å²) in [6.07, 6.45) is 0.0842. The predicted octanol–water partition coefficient (Wildman–Crippen LogP) is 3.84. The van der Waals surface area contributed by atoms with Crippen molar-refractivity contribution in [2.24, 2.45) is 0 Å². The van der Waals surface area contributed by atoms with Gasteiger partial charge in [-0.25, -0.2) is 14.4 Å².